The highest BCUT2D eigenvalue weighted by molar-refractivity contribution is 5.97. The normalized spacial score (nSPS) is 23.6. The van der Waals surface area contributed by atoms with Crippen molar-refractivity contribution in [3.8, 4) is 5.75 Å². The number of likely N-dealkylation sites (tertiary alicyclic amines) is 1. The summed E-state index contributed by atoms with van der Waals surface area (Å²) in [7, 11) is 1.47. The van der Waals surface area contributed by atoms with E-state index in [1.54, 1.807) is 4.90 Å². The summed E-state index contributed by atoms with van der Waals surface area (Å²) in [4.78, 5) is 31.2. The lowest BCUT2D eigenvalue weighted by Gasteiger charge is -2.38. The van der Waals surface area contributed by atoms with Gasteiger partial charge in [0.15, 0.2) is 0 Å². The number of ether oxygens (including phenoxy) is 1. The van der Waals surface area contributed by atoms with Gasteiger partial charge in [0.1, 0.15) is 11.6 Å². The lowest BCUT2D eigenvalue weighted by atomic mass is 9.92. The molecule has 0 radical (unpaired) electrons. The summed E-state index contributed by atoms with van der Waals surface area (Å²) in [6.45, 7) is 8.74. The second-order valence-electron chi connectivity index (χ2n) is 8.16. The number of amides is 2. The van der Waals surface area contributed by atoms with Crippen molar-refractivity contribution in [2.45, 2.75) is 20.3 Å². The molecule has 2 amide bonds. The van der Waals surface area contributed by atoms with Crippen LogP contribution in [0.1, 0.15) is 30.6 Å². The first-order valence-corrected chi connectivity index (χ1v) is 10.00. The fraction of sp³-hybridized carbons (Fsp3) is 0.619. The Morgan fingerprint density at radius 2 is 1.71 bits per heavy atom. The van der Waals surface area contributed by atoms with Gasteiger partial charge in [-0.1, -0.05) is 13.8 Å². The van der Waals surface area contributed by atoms with Crippen molar-refractivity contribution in [3.05, 3.63) is 29.6 Å². The number of piperazine rings is 1. The van der Waals surface area contributed by atoms with Crippen LogP contribution in [0.4, 0.5) is 4.39 Å². The van der Waals surface area contributed by atoms with Gasteiger partial charge in [-0.2, -0.15) is 0 Å². The summed E-state index contributed by atoms with van der Waals surface area (Å²) in [5, 5.41) is 0. The van der Waals surface area contributed by atoms with Crippen LogP contribution >= 0.6 is 0 Å². The molecule has 2 fully saturated rings. The minimum absolute atomic E-state index is 0.171. The van der Waals surface area contributed by atoms with E-state index in [1.807, 2.05) is 4.90 Å². The molecular formula is C21H30FN3O3. The van der Waals surface area contributed by atoms with Crippen molar-refractivity contribution < 1.29 is 18.7 Å². The summed E-state index contributed by atoms with van der Waals surface area (Å²) in [6, 6.07) is 3.97. The molecule has 6 nitrogen and oxygen atoms in total. The maximum absolute atomic E-state index is 13.6. The highest BCUT2D eigenvalue weighted by atomic mass is 19.1. The first-order chi connectivity index (χ1) is 13.4. The standard InChI is InChI=1S/C21H30FN3O3/c1-15-10-16(2)13-25(12-15)20(26)14-23-6-8-24(9-7-23)21(27)18-11-17(22)4-5-19(18)28-3/h4-5,11,15-16H,6-10,12-14H2,1-3H3. The molecule has 0 aliphatic carbocycles. The van der Waals surface area contributed by atoms with E-state index in [0.717, 1.165) is 13.1 Å². The Morgan fingerprint density at radius 3 is 2.32 bits per heavy atom. The predicted octanol–water partition coefficient (Wildman–Crippen LogP) is 2.10. The largest absolute Gasteiger partial charge is 0.496 e. The van der Waals surface area contributed by atoms with E-state index in [-0.39, 0.29) is 17.4 Å². The zero-order chi connectivity index (χ0) is 20.3. The van der Waals surface area contributed by atoms with E-state index in [0.29, 0.717) is 50.3 Å². The third-order valence-electron chi connectivity index (χ3n) is 5.63. The molecule has 7 heteroatoms. The number of carbonyl (C=O) groups excluding carboxylic acids is 2. The van der Waals surface area contributed by atoms with Gasteiger partial charge in [0, 0.05) is 39.3 Å². The zero-order valence-electron chi connectivity index (χ0n) is 17.0. The van der Waals surface area contributed by atoms with Gasteiger partial charge in [-0.15, -0.1) is 0 Å². The second kappa shape index (κ2) is 8.90. The quantitative estimate of drug-likeness (QED) is 0.789. The number of hydrogen-bond acceptors (Lipinski definition) is 4. The molecule has 28 heavy (non-hydrogen) atoms. The Morgan fingerprint density at radius 1 is 1.07 bits per heavy atom. The number of nitrogens with zero attached hydrogens (tertiary/aromatic N) is 3. The van der Waals surface area contributed by atoms with Crippen LogP contribution in [-0.4, -0.2) is 79.4 Å². The monoisotopic (exact) mass is 391 g/mol. The van der Waals surface area contributed by atoms with Crippen LogP contribution in [0, 0.1) is 17.7 Å². The van der Waals surface area contributed by atoms with Crippen molar-refractivity contribution in [3.63, 3.8) is 0 Å². The van der Waals surface area contributed by atoms with Gasteiger partial charge < -0.3 is 14.5 Å². The fourth-order valence-corrected chi connectivity index (χ4v) is 4.28. The smallest absolute Gasteiger partial charge is 0.257 e. The molecule has 2 aliphatic heterocycles. The van der Waals surface area contributed by atoms with E-state index >= 15 is 0 Å². The molecule has 3 rings (SSSR count). The Labute approximate surface area is 166 Å². The molecule has 1 aromatic rings. The van der Waals surface area contributed by atoms with E-state index in [9.17, 15) is 14.0 Å². The summed E-state index contributed by atoms with van der Waals surface area (Å²) >= 11 is 0. The lowest BCUT2D eigenvalue weighted by Crippen LogP contribution is -2.53. The maximum Gasteiger partial charge on any atom is 0.257 e. The molecule has 2 saturated heterocycles. The average Bonchev–Trinajstić information content (AvgIpc) is 2.67. The second-order valence-corrected chi connectivity index (χ2v) is 8.16. The molecule has 2 atom stereocenters. The number of halogens is 1. The van der Waals surface area contributed by atoms with E-state index in [1.165, 1.54) is 31.7 Å². The third-order valence-corrected chi connectivity index (χ3v) is 5.63. The molecule has 1 aromatic carbocycles. The SMILES string of the molecule is COc1ccc(F)cc1C(=O)N1CCN(CC(=O)N2CC(C)CC(C)C2)CC1. The zero-order valence-corrected chi connectivity index (χ0v) is 17.0. The molecule has 2 aliphatic rings. The highest BCUT2D eigenvalue weighted by Gasteiger charge is 2.29. The minimum atomic E-state index is -0.460. The first kappa shape index (κ1) is 20.6. The minimum Gasteiger partial charge on any atom is -0.496 e. The average molecular weight is 391 g/mol. The molecule has 2 unspecified atom stereocenters. The summed E-state index contributed by atoms with van der Waals surface area (Å²) in [5.74, 6) is 0.938. The Hall–Kier alpha value is -2.15. The third kappa shape index (κ3) is 4.82. The number of piperidine rings is 1. The fourth-order valence-electron chi connectivity index (χ4n) is 4.28. The van der Waals surface area contributed by atoms with E-state index < -0.39 is 5.82 Å². The van der Waals surface area contributed by atoms with Gasteiger partial charge in [0.05, 0.1) is 19.2 Å². The number of benzene rings is 1. The molecule has 0 spiro atoms. The van der Waals surface area contributed by atoms with Gasteiger partial charge in [0.25, 0.3) is 5.91 Å². The number of rotatable bonds is 4. The molecule has 2 heterocycles. The van der Waals surface area contributed by atoms with Crippen molar-refractivity contribution in [1.29, 1.82) is 0 Å². The number of carbonyl (C=O) groups is 2. The Kier molecular flexibility index (Phi) is 6.54. The summed E-state index contributed by atoms with van der Waals surface area (Å²) < 4.78 is 18.8. The van der Waals surface area contributed by atoms with E-state index in [4.69, 9.17) is 4.74 Å². The molecule has 0 saturated carbocycles. The van der Waals surface area contributed by atoms with Crippen LogP contribution in [0.2, 0.25) is 0 Å². The van der Waals surface area contributed by atoms with Gasteiger partial charge in [0.2, 0.25) is 5.91 Å². The van der Waals surface area contributed by atoms with Crippen molar-refractivity contribution in [2.75, 3.05) is 52.9 Å². The van der Waals surface area contributed by atoms with Gasteiger partial charge in [-0.25, -0.2) is 4.39 Å². The highest BCUT2D eigenvalue weighted by Crippen LogP contribution is 2.23. The van der Waals surface area contributed by atoms with E-state index in [2.05, 4.69) is 18.7 Å². The summed E-state index contributed by atoms with van der Waals surface area (Å²) in [5.41, 5.74) is 0.239. The molecular weight excluding hydrogens is 361 g/mol. The summed E-state index contributed by atoms with van der Waals surface area (Å²) in [6.07, 6.45) is 1.17. The number of hydrogen-bond donors (Lipinski definition) is 0. The Bertz CT molecular complexity index is 709. The van der Waals surface area contributed by atoms with Crippen LogP contribution < -0.4 is 4.74 Å². The topological polar surface area (TPSA) is 53.1 Å². The molecule has 0 aromatic heterocycles. The van der Waals surface area contributed by atoms with Crippen molar-refractivity contribution >= 4 is 11.8 Å². The van der Waals surface area contributed by atoms with Crippen molar-refractivity contribution in [2.24, 2.45) is 11.8 Å². The maximum atomic E-state index is 13.6. The molecule has 0 N–H and O–H groups in total. The van der Waals surface area contributed by atoms with Gasteiger partial charge >= 0.3 is 0 Å². The lowest BCUT2D eigenvalue weighted by molar-refractivity contribution is -0.135. The van der Waals surface area contributed by atoms with Crippen LogP contribution in [0.5, 0.6) is 5.75 Å². The van der Waals surface area contributed by atoms with Crippen LogP contribution in [-0.2, 0) is 4.79 Å². The van der Waals surface area contributed by atoms with Crippen molar-refractivity contribution in [1.82, 2.24) is 14.7 Å². The van der Waals surface area contributed by atoms with Crippen LogP contribution in [0.3, 0.4) is 0 Å². The van der Waals surface area contributed by atoms with Crippen LogP contribution in [0.15, 0.2) is 18.2 Å². The van der Waals surface area contributed by atoms with Crippen LogP contribution in [0.25, 0.3) is 0 Å². The molecule has 0 bridgehead atoms. The molecule has 154 valence electrons. The first-order valence-electron chi connectivity index (χ1n) is 10.00. The van der Waals surface area contributed by atoms with Gasteiger partial charge in [-0.05, 0) is 36.5 Å². The predicted molar refractivity (Wildman–Crippen MR) is 105 cm³/mol. The van der Waals surface area contributed by atoms with Gasteiger partial charge in [-0.3, -0.25) is 14.5 Å². The number of methoxy groups -OCH3 is 1. The Balaban J connectivity index is 1.54.